The molecule has 0 bridgehead atoms. The number of carboxylic acids is 1. The maximum Gasteiger partial charge on any atom is 0.354 e. The summed E-state index contributed by atoms with van der Waals surface area (Å²) in [6.07, 6.45) is 0. The Morgan fingerprint density at radius 3 is 2.72 bits per heavy atom. The largest absolute Gasteiger partial charge is 0.487 e. The number of benzene rings is 1. The summed E-state index contributed by atoms with van der Waals surface area (Å²) in [4.78, 5) is 14.8. The van der Waals surface area contributed by atoms with Crippen LogP contribution in [-0.2, 0) is 6.61 Å². The van der Waals surface area contributed by atoms with Crippen molar-refractivity contribution in [3.05, 3.63) is 59.4 Å². The lowest BCUT2D eigenvalue weighted by Crippen LogP contribution is -2.05. The number of para-hydroxylation sites is 1. The van der Waals surface area contributed by atoms with E-state index in [1.807, 2.05) is 31.2 Å². The zero-order valence-corrected chi connectivity index (χ0v) is 9.96. The molecule has 0 aliphatic carbocycles. The van der Waals surface area contributed by atoms with E-state index in [-0.39, 0.29) is 12.3 Å². The number of ether oxygens (including phenoxy) is 1. The van der Waals surface area contributed by atoms with Gasteiger partial charge in [0.1, 0.15) is 18.1 Å². The van der Waals surface area contributed by atoms with Crippen molar-refractivity contribution in [1.82, 2.24) is 4.98 Å². The van der Waals surface area contributed by atoms with Gasteiger partial charge in [-0.1, -0.05) is 24.3 Å². The number of carbonyl (C=O) groups is 1. The highest BCUT2D eigenvalue weighted by atomic mass is 16.5. The van der Waals surface area contributed by atoms with Crippen LogP contribution >= 0.6 is 0 Å². The lowest BCUT2D eigenvalue weighted by atomic mass is 10.2. The average molecular weight is 243 g/mol. The van der Waals surface area contributed by atoms with E-state index in [4.69, 9.17) is 9.84 Å². The minimum atomic E-state index is -1.03. The van der Waals surface area contributed by atoms with E-state index in [0.717, 1.165) is 11.3 Å². The van der Waals surface area contributed by atoms with Crippen LogP contribution in [-0.4, -0.2) is 16.1 Å². The number of aromatic nitrogens is 1. The van der Waals surface area contributed by atoms with Crippen molar-refractivity contribution < 1.29 is 14.6 Å². The SMILES string of the molecule is Cc1ccccc1OCc1cccc(C(=O)O)n1. The van der Waals surface area contributed by atoms with Crippen molar-refractivity contribution in [2.75, 3.05) is 0 Å². The van der Waals surface area contributed by atoms with Crippen LogP contribution in [0.25, 0.3) is 0 Å². The third-order valence-electron chi connectivity index (χ3n) is 2.50. The lowest BCUT2D eigenvalue weighted by molar-refractivity contribution is 0.0690. The molecule has 1 N–H and O–H groups in total. The van der Waals surface area contributed by atoms with Crippen LogP contribution in [0.2, 0.25) is 0 Å². The third-order valence-corrected chi connectivity index (χ3v) is 2.50. The van der Waals surface area contributed by atoms with Gasteiger partial charge in [-0.05, 0) is 30.7 Å². The highest BCUT2D eigenvalue weighted by molar-refractivity contribution is 5.85. The van der Waals surface area contributed by atoms with E-state index in [1.54, 1.807) is 12.1 Å². The molecular weight excluding hydrogens is 230 g/mol. The van der Waals surface area contributed by atoms with Crippen LogP contribution in [0.5, 0.6) is 5.75 Å². The van der Waals surface area contributed by atoms with Crippen LogP contribution < -0.4 is 4.74 Å². The van der Waals surface area contributed by atoms with Crippen LogP contribution in [0.3, 0.4) is 0 Å². The predicted octanol–water partition coefficient (Wildman–Crippen LogP) is 2.67. The molecule has 1 heterocycles. The van der Waals surface area contributed by atoms with Gasteiger partial charge in [-0.2, -0.15) is 0 Å². The smallest absolute Gasteiger partial charge is 0.354 e. The Morgan fingerprint density at radius 1 is 1.22 bits per heavy atom. The fourth-order valence-electron chi connectivity index (χ4n) is 1.55. The summed E-state index contributed by atoms with van der Waals surface area (Å²) >= 11 is 0. The van der Waals surface area contributed by atoms with Gasteiger partial charge in [-0.25, -0.2) is 9.78 Å². The van der Waals surface area contributed by atoms with Gasteiger partial charge in [0.2, 0.25) is 0 Å². The van der Waals surface area contributed by atoms with Gasteiger partial charge in [0, 0.05) is 0 Å². The third kappa shape index (κ3) is 2.85. The maximum absolute atomic E-state index is 10.8. The molecule has 0 fully saturated rings. The molecule has 0 aliphatic rings. The van der Waals surface area contributed by atoms with Gasteiger partial charge in [0.25, 0.3) is 0 Å². The first-order valence-electron chi connectivity index (χ1n) is 5.54. The van der Waals surface area contributed by atoms with E-state index < -0.39 is 5.97 Å². The van der Waals surface area contributed by atoms with Crippen LogP contribution in [0.4, 0.5) is 0 Å². The van der Waals surface area contributed by atoms with Crippen LogP contribution in [0, 0.1) is 6.92 Å². The molecule has 1 aromatic heterocycles. The van der Waals surface area contributed by atoms with Crippen molar-refractivity contribution in [1.29, 1.82) is 0 Å². The van der Waals surface area contributed by atoms with E-state index in [1.165, 1.54) is 6.07 Å². The number of aryl methyl sites for hydroxylation is 1. The highest BCUT2D eigenvalue weighted by Crippen LogP contribution is 2.17. The van der Waals surface area contributed by atoms with E-state index in [2.05, 4.69) is 4.98 Å². The molecular formula is C14H13NO3. The zero-order valence-electron chi connectivity index (χ0n) is 9.96. The molecule has 2 aromatic rings. The summed E-state index contributed by atoms with van der Waals surface area (Å²) in [7, 11) is 0. The predicted molar refractivity (Wildman–Crippen MR) is 66.7 cm³/mol. The van der Waals surface area contributed by atoms with E-state index in [0.29, 0.717) is 5.69 Å². The van der Waals surface area contributed by atoms with Crippen molar-refractivity contribution in [2.24, 2.45) is 0 Å². The second-order valence-corrected chi connectivity index (χ2v) is 3.87. The molecule has 92 valence electrons. The molecule has 0 saturated carbocycles. The summed E-state index contributed by atoms with van der Waals surface area (Å²) in [6, 6.07) is 12.5. The zero-order chi connectivity index (χ0) is 13.0. The fraction of sp³-hybridized carbons (Fsp3) is 0.143. The molecule has 0 unspecified atom stereocenters. The second kappa shape index (κ2) is 5.31. The number of hydrogen-bond acceptors (Lipinski definition) is 3. The molecule has 1 aromatic carbocycles. The highest BCUT2D eigenvalue weighted by Gasteiger charge is 2.06. The van der Waals surface area contributed by atoms with Crippen molar-refractivity contribution >= 4 is 5.97 Å². The first-order valence-corrected chi connectivity index (χ1v) is 5.54. The number of nitrogens with zero attached hydrogens (tertiary/aromatic N) is 1. The Labute approximate surface area is 105 Å². The molecule has 0 aliphatic heterocycles. The molecule has 0 amide bonds. The van der Waals surface area contributed by atoms with Gasteiger partial charge in [-0.3, -0.25) is 0 Å². The monoisotopic (exact) mass is 243 g/mol. The summed E-state index contributed by atoms with van der Waals surface area (Å²) in [5.74, 6) is -0.257. The second-order valence-electron chi connectivity index (χ2n) is 3.87. The molecule has 0 saturated heterocycles. The van der Waals surface area contributed by atoms with Crippen molar-refractivity contribution in [2.45, 2.75) is 13.5 Å². The minimum absolute atomic E-state index is 0.0286. The first-order chi connectivity index (χ1) is 8.66. The molecule has 4 heteroatoms. The number of aromatic carboxylic acids is 1. The van der Waals surface area contributed by atoms with Gasteiger partial charge in [-0.15, -0.1) is 0 Å². The molecule has 0 atom stereocenters. The Morgan fingerprint density at radius 2 is 2.00 bits per heavy atom. The molecule has 2 rings (SSSR count). The quantitative estimate of drug-likeness (QED) is 0.896. The van der Waals surface area contributed by atoms with Gasteiger partial charge in [0.05, 0.1) is 5.69 Å². The van der Waals surface area contributed by atoms with E-state index in [9.17, 15) is 4.79 Å². The Hall–Kier alpha value is -2.36. The standard InChI is InChI=1S/C14H13NO3/c1-10-5-2-3-8-13(10)18-9-11-6-4-7-12(15-11)14(16)17/h2-8H,9H2,1H3,(H,16,17). The number of rotatable bonds is 4. The topological polar surface area (TPSA) is 59.4 Å². The Balaban J connectivity index is 2.09. The Bertz CT molecular complexity index is 566. The maximum atomic E-state index is 10.8. The van der Waals surface area contributed by atoms with Crippen LogP contribution in [0.15, 0.2) is 42.5 Å². The van der Waals surface area contributed by atoms with Crippen LogP contribution in [0.1, 0.15) is 21.7 Å². The minimum Gasteiger partial charge on any atom is -0.487 e. The number of carboxylic acid groups (broad SMARTS) is 1. The summed E-state index contributed by atoms with van der Waals surface area (Å²) in [5.41, 5.74) is 1.66. The molecule has 4 nitrogen and oxygen atoms in total. The lowest BCUT2D eigenvalue weighted by Gasteiger charge is -2.08. The normalized spacial score (nSPS) is 10.1. The number of hydrogen-bond donors (Lipinski definition) is 1. The fourth-order valence-corrected chi connectivity index (χ4v) is 1.55. The number of pyridine rings is 1. The summed E-state index contributed by atoms with van der Waals surface area (Å²) < 4.78 is 5.60. The Kier molecular flexibility index (Phi) is 3.57. The van der Waals surface area contributed by atoms with Crippen molar-refractivity contribution in [3.63, 3.8) is 0 Å². The van der Waals surface area contributed by atoms with Gasteiger partial charge < -0.3 is 9.84 Å². The van der Waals surface area contributed by atoms with Gasteiger partial charge >= 0.3 is 5.97 Å². The van der Waals surface area contributed by atoms with E-state index >= 15 is 0 Å². The van der Waals surface area contributed by atoms with Crippen molar-refractivity contribution in [3.8, 4) is 5.75 Å². The van der Waals surface area contributed by atoms with Gasteiger partial charge in [0.15, 0.2) is 0 Å². The average Bonchev–Trinajstić information content (AvgIpc) is 2.38. The molecule has 0 spiro atoms. The molecule has 18 heavy (non-hydrogen) atoms. The molecule has 0 radical (unpaired) electrons. The summed E-state index contributed by atoms with van der Waals surface area (Å²) in [6.45, 7) is 2.21. The first kappa shape index (κ1) is 12.1. The summed E-state index contributed by atoms with van der Waals surface area (Å²) in [5, 5.41) is 8.84.